The number of carbonyl (C=O) groups excluding carboxylic acids is 2. The molecule has 0 aliphatic carbocycles. The van der Waals surface area contributed by atoms with Crippen LogP contribution < -0.4 is 5.32 Å². The minimum atomic E-state index is 0.0434. The first-order chi connectivity index (χ1) is 12.7. The van der Waals surface area contributed by atoms with Crippen LogP contribution in [0.25, 0.3) is 0 Å². The molecule has 1 unspecified atom stereocenters. The summed E-state index contributed by atoms with van der Waals surface area (Å²) in [6.07, 6.45) is 6.58. The average Bonchev–Trinajstić information content (AvgIpc) is 3.17. The zero-order valence-electron chi connectivity index (χ0n) is 15.0. The van der Waals surface area contributed by atoms with Crippen molar-refractivity contribution in [2.24, 2.45) is 0 Å². The van der Waals surface area contributed by atoms with E-state index in [1.165, 1.54) is 0 Å². The number of piperidine rings is 1. The number of rotatable bonds is 6. The van der Waals surface area contributed by atoms with Gasteiger partial charge in [-0.2, -0.15) is 0 Å². The van der Waals surface area contributed by atoms with E-state index in [0.717, 1.165) is 36.5 Å². The van der Waals surface area contributed by atoms with Gasteiger partial charge in [-0.3, -0.25) is 14.6 Å². The van der Waals surface area contributed by atoms with E-state index in [4.69, 9.17) is 4.98 Å². The third-order valence-electron chi connectivity index (χ3n) is 4.56. The Morgan fingerprint density at radius 1 is 1.42 bits per heavy atom. The normalized spacial score (nSPS) is 17.1. The highest BCUT2D eigenvalue weighted by Gasteiger charge is 2.27. The Hall–Kier alpha value is -2.28. The molecule has 2 aromatic heterocycles. The molecule has 1 aliphatic rings. The maximum Gasteiger partial charge on any atom is 0.255 e. The highest BCUT2D eigenvalue weighted by molar-refractivity contribution is 7.09. The van der Waals surface area contributed by atoms with Gasteiger partial charge >= 0.3 is 0 Å². The van der Waals surface area contributed by atoms with E-state index in [2.05, 4.69) is 15.7 Å². The van der Waals surface area contributed by atoms with Gasteiger partial charge < -0.3 is 10.2 Å². The zero-order chi connectivity index (χ0) is 18.4. The van der Waals surface area contributed by atoms with Crippen LogP contribution in [0.3, 0.4) is 0 Å². The molecule has 6 nitrogen and oxygen atoms in total. The van der Waals surface area contributed by atoms with Crippen LogP contribution in [0.5, 0.6) is 0 Å². The van der Waals surface area contributed by atoms with Crippen molar-refractivity contribution in [3.63, 3.8) is 0 Å². The van der Waals surface area contributed by atoms with E-state index >= 15 is 0 Å². The molecule has 26 heavy (non-hydrogen) atoms. The molecule has 2 aromatic rings. The largest absolute Gasteiger partial charge is 0.356 e. The highest BCUT2D eigenvalue weighted by Crippen LogP contribution is 2.30. The fourth-order valence-corrected chi connectivity index (χ4v) is 4.10. The predicted molar refractivity (Wildman–Crippen MR) is 101 cm³/mol. The van der Waals surface area contributed by atoms with E-state index in [0.29, 0.717) is 25.1 Å². The Labute approximate surface area is 157 Å². The van der Waals surface area contributed by atoms with Crippen LogP contribution in [-0.2, 0) is 11.2 Å². The molecule has 0 aromatic carbocycles. The fourth-order valence-electron chi connectivity index (χ4n) is 3.11. The number of pyridine rings is 1. The van der Waals surface area contributed by atoms with Crippen molar-refractivity contribution in [3.05, 3.63) is 46.2 Å². The van der Waals surface area contributed by atoms with Gasteiger partial charge in [-0.25, -0.2) is 4.98 Å². The van der Waals surface area contributed by atoms with Crippen LogP contribution in [0, 0.1) is 0 Å². The van der Waals surface area contributed by atoms with Crippen molar-refractivity contribution in [1.82, 2.24) is 20.2 Å². The Balaban J connectivity index is 1.58. The van der Waals surface area contributed by atoms with Crippen LogP contribution in [0.4, 0.5) is 0 Å². The van der Waals surface area contributed by atoms with Crippen molar-refractivity contribution < 1.29 is 9.59 Å². The molecule has 0 bridgehead atoms. The van der Waals surface area contributed by atoms with Gasteiger partial charge in [0.15, 0.2) is 0 Å². The van der Waals surface area contributed by atoms with Crippen molar-refractivity contribution in [1.29, 1.82) is 0 Å². The lowest BCUT2D eigenvalue weighted by atomic mass is 9.98. The molecule has 1 fully saturated rings. The molecule has 0 spiro atoms. The van der Waals surface area contributed by atoms with Crippen LogP contribution >= 0.6 is 11.3 Å². The lowest BCUT2D eigenvalue weighted by Crippen LogP contribution is -2.39. The highest BCUT2D eigenvalue weighted by atomic mass is 32.1. The molecule has 1 saturated heterocycles. The monoisotopic (exact) mass is 372 g/mol. The van der Waals surface area contributed by atoms with Gasteiger partial charge in [0, 0.05) is 56.2 Å². The molecule has 1 aliphatic heterocycles. The van der Waals surface area contributed by atoms with Gasteiger partial charge in [-0.1, -0.05) is 6.92 Å². The summed E-state index contributed by atoms with van der Waals surface area (Å²) in [6, 6.07) is 3.60. The van der Waals surface area contributed by atoms with Crippen molar-refractivity contribution in [3.8, 4) is 0 Å². The second kappa shape index (κ2) is 8.89. The Morgan fingerprint density at radius 3 is 3.08 bits per heavy atom. The first-order valence-corrected chi connectivity index (χ1v) is 9.95. The van der Waals surface area contributed by atoms with Gasteiger partial charge in [-0.15, -0.1) is 11.3 Å². The zero-order valence-corrected chi connectivity index (χ0v) is 15.8. The Kier molecular flexibility index (Phi) is 6.33. The molecular formula is C19H24N4O2S. The van der Waals surface area contributed by atoms with E-state index in [1.54, 1.807) is 29.8 Å². The second-order valence-electron chi connectivity index (χ2n) is 6.46. The van der Waals surface area contributed by atoms with E-state index < -0.39 is 0 Å². The van der Waals surface area contributed by atoms with E-state index in [-0.39, 0.29) is 17.7 Å². The van der Waals surface area contributed by atoms with Gasteiger partial charge in [0.2, 0.25) is 5.91 Å². The summed E-state index contributed by atoms with van der Waals surface area (Å²) in [6.45, 7) is 3.95. The van der Waals surface area contributed by atoms with E-state index in [9.17, 15) is 9.59 Å². The average molecular weight is 372 g/mol. The fraction of sp³-hybridized carbons (Fsp3) is 0.474. The molecule has 0 radical (unpaired) electrons. The molecular weight excluding hydrogens is 348 g/mol. The number of thiazole rings is 1. The summed E-state index contributed by atoms with van der Waals surface area (Å²) in [5, 5.41) is 6.03. The smallest absolute Gasteiger partial charge is 0.255 e. The third kappa shape index (κ3) is 4.66. The molecule has 7 heteroatoms. The van der Waals surface area contributed by atoms with Crippen molar-refractivity contribution in [2.45, 2.75) is 38.5 Å². The van der Waals surface area contributed by atoms with Crippen LogP contribution in [0.2, 0.25) is 0 Å². The lowest BCUT2D eigenvalue weighted by molar-refractivity contribution is -0.120. The number of amides is 2. The van der Waals surface area contributed by atoms with Gasteiger partial charge in [0.1, 0.15) is 0 Å². The minimum absolute atomic E-state index is 0.0434. The molecule has 3 heterocycles. The summed E-state index contributed by atoms with van der Waals surface area (Å²) in [5.74, 6) is 0.396. The Morgan fingerprint density at radius 2 is 2.31 bits per heavy atom. The number of carbonyl (C=O) groups is 2. The summed E-state index contributed by atoms with van der Waals surface area (Å²) in [4.78, 5) is 34.6. The summed E-state index contributed by atoms with van der Waals surface area (Å²) >= 11 is 1.66. The molecule has 3 rings (SSSR count). The minimum Gasteiger partial charge on any atom is -0.356 e. The molecule has 2 amide bonds. The Bertz CT molecular complexity index is 747. The van der Waals surface area contributed by atoms with Crippen molar-refractivity contribution >= 4 is 23.2 Å². The maximum absolute atomic E-state index is 12.6. The molecule has 138 valence electrons. The lowest BCUT2D eigenvalue weighted by Gasteiger charge is -2.31. The number of nitrogens with zero attached hydrogens (tertiary/aromatic N) is 3. The first kappa shape index (κ1) is 18.5. The summed E-state index contributed by atoms with van der Waals surface area (Å²) in [7, 11) is 0. The maximum atomic E-state index is 12.6. The summed E-state index contributed by atoms with van der Waals surface area (Å²) < 4.78 is 0. The molecule has 0 saturated carbocycles. The first-order valence-electron chi connectivity index (χ1n) is 9.07. The number of likely N-dealkylation sites (tertiary alicyclic amines) is 1. The molecule has 1 N–H and O–H groups in total. The predicted octanol–water partition coefficient (Wildman–Crippen LogP) is 2.63. The molecule has 1 atom stereocenters. The number of nitrogens with one attached hydrogen (secondary N) is 1. The van der Waals surface area contributed by atoms with Crippen molar-refractivity contribution in [2.75, 3.05) is 19.6 Å². The van der Waals surface area contributed by atoms with Crippen LogP contribution in [0.15, 0.2) is 29.9 Å². The van der Waals surface area contributed by atoms with Crippen LogP contribution in [0.1, 0.15) is 53.2 Å². The quantitative estimate of drug-likeness (QED) is 0.846. The van der Waals surface area contributed by atoms with Gasteiger partial charge in [0.25, 0.3) is 5.91 Å². The third-order valence-corrected chi connectivity index (χ3v) is 5.62. The van der Waals surface area contributed by atoms with E-state index in [1.807, 2.05) is 17.9 Å². The topological polar surface area (TPSA) is 75.2 Å². The van der Waals surface area contributed by atoms with Crippen LogP contribution in [-0.4, -0.2) is 46.3 Å². The number of hydrogen-bond acceptors (Lipinski definition) is 5. The van der Waals surface area contributed by atoms with Gasteiger partial charge in [0.05, 0.1) is 16.3 Å². The number of hydrogen-bond donors (Lipinski definition) is 1. The second-order valence-corrected chi connectivity index (χ2v) is 7.35. The standard InChI is InChI=1S/C19H24N4O2S/c1-2-17(24)21-9-7-16-13-26-18(22-16)15-6-4-10-23(12-15)19(25)14-5-3-8-20-11-14/h3,5,8,11,13,15H,2,4,6-7,9-10,12H2,1H3,(H,21,24). The van der Waals surface area contributed by atoms with Gasteiger partial charge in [-0.05, 0) is 25.0 Å². The summed E-state index contributed by atoms with van der Waals surface area (Å²) in [5.41, 5.74) is 1.65. The SMILES string of the molecule is CCC(=O)NCCc1csc(C2CCCN(C(=O)c3cccnc3)C2)n1. The number of aromatic nitrogens is 2.